The average molecular weight is 234 g/mol. The molecule has 0 aliphatic carbocycles. The molecule has 1 aliphatic rings. The van der Waals surface area contributed by atoms with Crippen molar-refractivity contribution in [1.29, 1.82) is 0 Å². The largest absolute Gasteiger partial charge is 0.376 e. The van der Waals surface area contributed by atoms with Crippen LogP contribution in [0.4, 0.5) is 0 Å². The molecule has 1 aromatic rings. The molecular weight excluding hydrogens is 216 g/mol. The monoisotopic (exact) mass is 234 g/mol. The Kier molecular flexibility index (Phi) is 4.09. The topological polar surface area (TPSA) is 51.2 Å². The first-order valence-electron chi connectivity index (χ1n) is 6.03. The average Bonchev–Trinajstić information content (AvgIpc) is 2.82. The van der Waals surface area contributed by atoms with Crippen molar-refractivity contribution in [3.8, 4) is 0 Å². The molecule has 2 heterocycles. The van der Waals surface area contributed by atoms with Gasteiger partial charge in [0.15, 0.2) is 0 Å². The Balaban J connectivity index is 2.02. The number of pyridine rings is 1. The van der Waals surface area contributed by atoms with E-state index in [1.807, 2.05) is 12.1 Å². The lowest BCUT2D eigenvalue weighted by atomic mass is 10.00. The molecule has 0 spiro atoms. The summed E-state index contributed by atoms with van der Waals surface area (Å²) in [5.74, 6) is -0.000411. The fourth-order valence-electron chi connectivity index (χ4n) is 2.23. The predicted molar refractivity (Wildman–Crippen MR) is 64.5 cm³/mol. The van der Waals surface area contributed by atoms with Crippen molar-refractivity contribution in [3.05, 3.63) is 30.1 Å². The summed E-state index contributed by atoms with van der Waals surface area (Å²) in [5, 5.41) is 2.99. The molecule has 2 unspecified atom stereocenters. The van der Waals surface area contributed by atoms with Crippen LogP contribution >= 0.6 is 0 Å². The molecule has 2 rings (SSSR count). The number of ether oxygens (including phenoxy) is 1. The predicted octanol–water partition coefficient (Wildman–Crippen LogP) is 1.31. The molecule has 1 N–H and O–H groups in total. The summed E-state index contributed by atoms with van der Waals surface area (Å²) in [6.45, 7) is 2.35. The van der Waals surface area contributed by atoms with E-state index >= 15 is 0 Å². The third-order valence-corrected chi connectivity index (χ3v) is 3.01. The minimum absolute atomic E-state index is 0.000411. The van der Waals surface area contributed by atoms with E-state index in [0.29, 0.717) is 0 Å². The summed E-state index contributed by atoms with van der Waals surface area (Å²) in [5.41, 5.74) is 1.18. The van der Waals surface area contributed by atoms with Crippen molar-refractivity contribution in [2.24, 2.45) is 0 Å². The molecule has 1 aromatic heterocycles. The van der Waals surface area contributed by atoms with Crippen molar-refractivity contribution in [3.63, 3.8) is 0 Å². The zero-order valence-corrected chi connectivity index (χ0v) is 10.1. The van der Waals surface area contributed by atoms with Crippen LogP contribution in [0.5, 0.6) is 0 Å². The Morgan fingerprint density at radius 3 is 2.94 bits per heavy atom. The smallest absolute Gasteiger partial charge is 0.217 e. The van der Waals surface area contributed by atoms with Gasteiger partial charge in [0.1, 0.15) is 0 Å². The molecule has 4 nitrogen and oxygen atoms in total. The number of aromatic nitrogens is 1. The molecule has 1 amide bonds. The third-order valence-electron chi connectivity index (χ3n) is 3.01. The normalized spacial score (nSPS) is 21.1. The summed E-state index contributed by atoms with van der Waals surface area (Å²) < 4.78 is 5.66. The standard InChI is InChI=1S/C13H18N2O2/c1-10(16)15-12(13-3-2-8-17-13)9-11-4-6-14-7-5-11/h4-7,12-13H,2-3,8-9H2,1H3,(H,15,16). The number of rotatable bonds is 4. The Hall–Kier alpha value is -1.42. The lowest BCUT2D eigenvalue weighted by molar-refractivity contribution is -0.120. The van der Waals surface area contributed by atoms with Crippen LogP contribution in [0.15, 0.2) is 24.5 Å². The zero-order valence-electron chi connectivity index (χ0n) is 10.1. The van der Waals surface area contributed by atoms with Gasteiger partial charge in [0, 0.05) is 25.9 Å². The molecule has 0 aromatic carbocycles. The SMILES string of the molecule is CC(=O)NC(Cc1ccncc1)C1CCCO1. The van der Waals surface area contributed by atoms with Gasteiger partial charge in [0.25, 0.3) is 0 Å². The van der Waals surface area contributed by atoms with E-state index in [9.17, 15) is 4.79 Å². The molecule has 1 aliphatic heterocycles. The van der Waals surface area contributed by atoms with Crippen molar-refractivity contribution >= 4 is 5.91 Å². The van der Waals surface area contributed by atoms with Crippen LogP contribution in [0.3, 0.4) is 0 Å². The quantitative estimate of drug-likeness (QED) is 0.854. The highest BCUT2D eigenvalue weighted by molar-refractivity contribution is 5.73. The van der Waals surface area contributed by atoms with E-state index in [1.54, 1.807) is 19.3 Å². The van der Waals surface area contributed by atoms with Gasteiger partial charge in [-0.05, 0) is 37.0 Å². The number of nitrogens with one attached hydrogen (secondary N) is 1. The molecule has 0 bridgehead atoms. The zero-order chi connectivity index (χ0) is 12.1. The van der Waals surface area contributed by atoms with Crippen LogP contribution in [0, 0.1) is 0 Å². The molecule has 92 valence electrons. The Bertz CT molecular complexity index is 361. The van der Waals surface area contributed by atoms with Crippen LogP contribution < -0.4 is 5.32 Å². The number of hydrogen-bond donors (Lipinski definition) is 1. The van der Waals surface area contributed by atoms with Crippen LogP contribution in [0.25, 0.3) is 0 Å². The minimum Gasteiger partial charge on any atom is -0.376 e. The van der Waals surface area contributed by atoms with Crippen molar-refractivity contribution in [2.75, 3.05) is 6.61 Å². The van der Waals surface area contributed by atoms with Gasteiger partial charge < -0.3 is 10.1 Å². The van der Waals surface area contributed by atoms with Gasteiger partial charge in [-0.25, -0.2) is 0 Å². The van der Waals surface area contributed by atoms with Crippen LogP contribution in [0.2, 0.25) is 0 Å². The van der Waals surface area contributed by atoms with Crippen LogP contribution in [0.1, 0.15) is 25.3 Å². The Labute approximate surface area is 101 Å². The number of amides is 1. The molecule has 0 radical (unpaired) electrons. The van der Waals surface area contributed by atoms with Gasteiger partial charge in [-0.3, -0.25) is 9.78 Å². The second-order valence-corrected chi connectivity index (χ2v) is 4.42. The Morgan fingerprint density at radius 2 is 2.35 bits per heavy atom. The number of hydrogen-bond acceptors (Lipinski definition) is 3. The van der Waals surface area contributed by atoms with Gasteiger partial charge >= 0.3 is 0 Å². The molecule has 0 saturated carbocycles. The van der Waals surface area contributed by atoms with E-state index < -0.39 is 0 Å². The summed E-state index contributed by atoms with van der Waals surface area (Å²) in [6, 6.07) is 4.02. The summed E-state index contributed by atoms with van der Waals surface area (Å²) in [4.78, 5) is 15.2. The fraction of sp³-hybridized carbons (Fsp3) is 0.538. The first-order valence-corrected chi connectivity index (χ1v) is 6.03. The van der Waals surface area contributed by atoms with E-state index in [4.69, 9.17) is 4.74 Å². The van der Waals surface area contributed by atoms with Gasteiger partial charge in [-0.15, -0.1) is 0 Å². The van der Waals surface area contributed by atoms with Crippen LogP contribution in [-0.4, -0.2) is 29.6 Å². The Morgan fingerprint density at radius 1 is 1.59 bits per heavy atom. The molecule has 17 heavy (non-hydrogen) atoms. The highest BCUT2D eigenvalue weighted by Gasteiger charge is 2.26. The second-order valence-electron chi connectivity index (χ2n) is 4.42. The highest BCUT2D eigenvalue weighted by Crippen LogP contribution is 2.18. The molecule has 4 heteroatoms. The van der Waals surface area contributed by atoms with E-state index in [-0.39, 0.29) is 18.1 Å². The number of carbonyl (C=O) groups excluding carboxylic acids is 1. The summed E-state index contributed by atoms with van der Waals surface area (Å²) in [6.07, 6.45) is 6.60. The summed E-state index contributed by atoms with van der Waals surface area (Å²) in [7, 11) is 0. The van der Waals surface area contributed by atoms with E-state index in [0.717, 1.165) is 25.9 Å². The first-order chi connectivity index (χ1) is 8.25. The third kappa shape index (κ3) is 3.53. The number of carbonyl (C=O) groups is 1. The van der Waals surface area contributed by atoms with E-state index in [2.05, 4.69) is 10.3 Å². The van der Waals surface area contributed by atoms with Gasteiger partial charge in [0.05, 0.1) is 12.1 Å². The molecular formula is C13H18N2O2. The van der Waals surface area contributed by atoms with Gasteiger partial charge in [0.2, 0.25) is 5.91 Å². The number of nitrogens with zero attached hydrogens (tertiary/aromatic N) is 1. The van der Waals surface area contributed by atoms with Gasteiger partial charge in [-0.2, -0.15) is 0 Å². The lowest BCUT2D eigenvalue weighted by Gasteiger charge is -2.23. The maximum atomic E-state index is 11.2. The maximum Gasteiger partial charge on any atom is 0.217 e. The fourth-order valence-corrected chi connectivity index (χ4v) is 2.23. The maximum absolute atomic E-state index is 11.2. The van der Waals surface area contributed by atoms with Crippen molar-refractivity contribution in [1.82, 2.24) is 10.3 Å². The van der Waals surface area contributed by atoms with Crippen LogP contribution in [-0.2, 0) is 16.0 Å². The molecule has 2 atom stereocenters. The minimum atomic E-state index is -0.000411. The lowest BCUT2D eigenvalue weighted by Crippen LogP contribution is -2.43. The van der Waals surface area contributed by atoms with Crippen molar-refractivity contribution < 1.29 is 9.53 Å². The highest BCUT2D eigenvalue weighted by atomic mass is 16.5. The first kappa shape index (κ1) is 12.0. The van der Waals surface area contributed by atoms with E-state index in [1.165, 1.54) is 5.56 Å². The summed E-state index contributed by atoms with van der Waals surface area (Å²) >= 11 is 0. The molecule has 1 saturated heterocycles. The van der Waals surface area contributed by atoms with Gasteiger partial charge in [-0.1, -0.05) is 0 Å². The second kappa shape index (κ2) is 5.77. The van der Waals surface area contributed by atoms with Crippen molar-refractivity contribution in [2.45, 2.75) is 38.3 Å². The molecule has 1 fully saturated rings.